The lowest BCUT2D eigenvalue weighted by Gasteiger charge is -2.20. The molecule has 0 N–H and O–H groups in total. The normalized spacial score (nSPS) is 11.8. The van der Waals surface area contributed by atoms with Crippen LogP contribution in [0.15, 0.2) is 16.3 Å². The number of ether oxygens (including phenoxy) is 2. The number of hydrogen-bond acceptors (Lipinski definition) is 6. The van der Waals surface area contributed by atoms with Gasteiger partial charge in [-0.25, -0.2) is 8.42 Å². The van der Waals surface area contributed by atoms with Crippen molar-refractivity contribution < 1.29 is 22.7 Å². The molecule has 120 valence electrons. The molecule has 0 aliphatic rings. The van der Waals surface area contributed by atoms with Gasteiger partial charge in [0.1, 0.15) is 4.21 Å². The number of thiophene rings is 1. The van der Waals surface area contributed by atoms with Gasteiger partial charge in [0, 0.05) is 25.1 Å². The summed E-state index contributed by atoms with van der Waals surface area (Å²) in [5.74, 6) is -0.437. The van der Waals surface area contributed by atoms with Crippen molar-refractivity contribution in [2.75, 3.05) is 33.9 Å². The van der Waals surface area contributed by atoms with Gasteiger partial charge in [-0.1, -0.05) is 6.92 Å². The monoisotopic (exact) mass is 335 g/mol. The summed E-state index contributed by atoms with van der Waals surface area (Å²) in [6, 6.07) is 3.42. The number of aryl methyl sites for hydroxylation is 1. The number of esters is 1. The summed E-state index contributed by atoms with van der Waals surface area (Å²) >= 11 is 1.25. The summed E-state index contributed by atoms with van der Waals surface area (Å²) in [4.78, 5) is 12.2. The Bertz CT molecular complexity index is 553. The maximum absolute atomic E-state index is 12.6. The molecule has 1 heterocycles. The van der Waals surface area contributed by atoms with Crippen LogP contribution in [-0.2, 0) is 30.7 Å². The SMILES string of the molecule is CCc1ccc(S(=O)(=O)N(CCOC)CCC(=O)OC)s1. The molecule has 0 amide bonds. The van der Waals surface area contributed by atoms with Gasteiger partial charge in [0.05, 0.1) is 20.1 Å². The Hall–Kier alpha value is -0.960. The Morgan fingerprint density at radius 3 is 2.52 bits per heavy atom. The fourth-order valence-corrected chi connectivity index (χ4v) is 4.55. The number of methoxy groups -OCH3 is 2. The molecule has 0 aliphatic carbocycles. The van der Waals surface area contributed by atoms with Crippen LogP contribution in [0.3, 0.4) is 0 Å². The number of carbonyl (C=O) groups is 1. The van der Waals surface area contributed by atoms with E-state index in [2.05, 4.69) is 4.74 Å². The molecule has 0 fully saturated rings. The van der Waals surface area contributed by atoms with E-state index in [1.165, 1.54) is 29.9 Å². The van der Waals surface area contributed by atoms with Crippen LogP contribution in [0.2, 0.25) is 0 Å². The molecule has 1 aromatic rings. The summed E-state index contributed by atoms with van der Waals surface area (Å²) in [6.07, 6.45) is 0.811. The third-order valence-corrected chi connectivity index (χ3v) is 6.51. The van der Waals surface area contributed by atoms with E-state index in [4.69, 9.17) is 4.74 Å². The number of sulfonamides is 1. The molecule has 8 heteroatoms. The predicted octanol–water partition coefficient (Wildman–Crippen LogP) is 1.51. The largest absolute Gasteiger partial charge is 0.469 e. The molecular formula is C13H21NO5S2. The first kappa shape index (κ1) is 18.1. The molecule has 0 bridgehead atoms. The summed E-state index contributed by atoms with van der Waals surface area (Å²) in [7, 11) is -0.816. The number of hydrogen-bond donors (Lipinski definition) is 0. The summed E-state index contributed by atoms with van der Waals surface area (Å²) < 4.78 is 36.2. The molecule has 0 atom stereocenters. The lowest BCUT2D eigenvalue weighted by Crippen LogP contribution is -2.35. The third-order valence-electron chi connectivity index (χ3n) is 2.92. The van der Waals surface area contributed by atoms with E-state index in [1.807, 2.05) is 13.0 Å². The molecule has 0 saturated carbocycles. The fraction of sp³-hybridized carbons (Fsp3) is 0.615. The highest BCUT2D eigenvalue weighted by Gasteiger charge is 2.26. The van der Waals surface area contributed by atoms with Crippen LogP contribution in [0, 0.1) is 0 Å². The van der Waals surface area contributed by atoms with Gasteiger partial charge in [0.25, 0.3) is 10.0 Å². The molecule has 6 nitrogen and oxygen atoms in total. The topological polar surface area (TPSA) is 72.9 Å². The first-order chi connectivity index (χ1) is 9.95. The number of nitrogens with zero attached hydrogens (tertiary/aromatic N) is 1. The second-order valence-electron chi connectivity index (χ2n) is 4.30. The molecule has 21 heavy (non-hydrogen) atoms. The minimum atomic E-state index is -3.60. The zero-order valence-corrected chi connectivity index (χ0v) is 14.1. The second-order valence-corrected chi connectivity index (χ2v) is 7.63. The Balaban J connectivity index is 2.90. The third kappa shape index (κ3) is 5.06. The van der Waals surface area contributed by atoms with Crippen molar-refractivity contribution in [3.8, 4) is 0 Å². The van der Waals surface area contributed by atoms with E-state index in [0.717, 1.165) is 11.3 Å². The van der Waals surface area contributed by atoms with Crippen molar-refractivity contribution in [2.45, 2.75) is 24.0 Å². The van der Waals surface area contributed by atoms with Crippen LogP contribution in [-0.4, -0.2) is 52.6 Å². The Morgan fingerprint density at radius 1 is 1.29 bits per heavy atom. The number of rotatable bonds is 9. The molecule has 0 spiro atoms. The van der Waals surface area contributed by atoms with E-state index in [0.29, 0.717) is 4.21 Å². The molecule has 0 aromatic carbocycles. The zero-order chi connectivity index (χ0) is 15.9. The van der Waals surface area contributed by atoms with Crippen molar-refractivity contribution in [1.82, 2.24) is 4.31 Å². The van der Waals surface area contributed by atoms with E-state index in [9.17, 15) is 13.2 Å². The molecule has 0 aliphatic heterocycles. The van der Waals surface area contributed by atoms with Gasteiger partial charge in [-0.05, 0) is 18.6 Å². The Kier molecular flexibility index (Phi) is 7.30. The summed E-state index contributed by atoms with van der Waals surface area (Å²) in [6.45, 7) is 2.53. The molecule has 0 unspecified atom stereocenters. The summed E-state index contributed by atoms with van der Waals surface area (Å²) in [5, 5.41) is 0. The molecule has 0 radical (unpaired) electrons. The lowest BCUT2D eigenvalue weighted by molar-refractivity contribution is -0.140. The lowest BCUT2D eigenvalue weighted by atomic mass is 10.4. The highest BCUT2D eigenvalue weighted by atomic mass is 32.2. The fourth-order valence-electron chi connectivity index (χ4n) is 1.68. The van der Waals surface area contributed by atoms with Crippen molar-refractivity contribution >= 4 is 27.3 Å². The van der Waals surface area contributed by atoms with Gasteiger partial charge in [-0.3, -0.25) is 4.79 Å². The van der Waals surface area contributed by atoms with E-state index in [-0.39, 0.29) is 26.1 Å². The number of carbonyl (C=O) groups excluding carboxylic acids is 1. The van der Waals surface area contributed by atoms with Gasteiger partial charge in [-0.2, -0.15) is 4.31 Å². The van der Waals surface area contributed by atoms with Gasteiger partial charge in [0.15, 0.2) is 0 Å². The second kappa shape index (κ2) is 8.47. The average molecular weight is 335 g/mol. The Labute approximate surface area is 129 Å². The van der Waals surface area contributed by atoms with Crippen molar-refractivity contribution in [2.24, 2.45) is 0 Å². The van der Waals surface area contributed by atoms with Crippen LogP contribution in [0.25, 0.3) is 0 Å². The van der Waals surface area contributed by atoms with Crippen LogP contribution < -0.4 is 0 Å². The highest BCUT2D eigenvalue weighted by molar-refractivity contribution is 7.91. The average Bonchev–Trinajstić information content (AvgIpc) is 2.96. The van der Waals surface area contributed by atoms with E-state index in [1.54, 1.807) is 6.07 Å². The molecule has 1 aromatic heterocycles. The minimum Gasteiger partial charge on any atom is -0.469 e. The predicted molar refractivity (Wildman–Crippen MR) is 81.0 cm³/mol. The maximum Gasteiger partial charge on any atom is 0.306 e. The van der Waals surface area contributed by atoms with Crippen LogP contribution in [0.1, 0.15) is 18.2 Å². The van der Waals surface area contributed by atoms with Crippen LogP contribution in [0.5, 0.6) is 0 Å². The van der Waals surface area contributed by atoms with Gasteiger partial charge in [-0.15, -0.1) is 11.3 Å². The standard InChI is InChI=1S/C13H21NO5S2/c1-4-11-5-6-13(20-11)21(16,17)14(9-10-18-2)8-7-12(15)19-3/h5-6H,4,7-10H2,1-3H3. The van der Waals surface area contributed by atoms with E-state index >= 15 is 0 Å². The first-order valence-electron chi connectivity index (χ1n) is 6.60. The maximum atomic E-state index is 12.6. The van der Waals surface area contributed by atoms with Crippen molar-refractivity contribution in [3.05, 3.63) is 17.0 Å². The summed E-state index contributed by atoms with van der Waals surface area (Å²) in [5.41, 5.74) is 0. The van der Waals surface area contributed by atoms with Crippen LogP contribution >= 0.6 is 11.3 Å². The first-order valence-corrected chi connectivity index (χ1v) is 8.86. The van der Waals surface area contributed by atoms with Gasteiger partial charge >= 0.3 is 5.97 Å². The van der Waals surface area contributed by atoms with Crippen LogP contribution in [0.4, 0.5) is 0 Å². The quantitative estimate of drug-likeness (QED) is 0.640. The van der Waals surface area contributed by atoms with Crippen molar-refractivity contribution in [3.63, 3.8) is 0 Å². The smallest absolute Gasteiger partial charge is 0.306 e. The molecule has 0 saturated heterocycles. The zero-order valence-electron chi connectivity index (χ0n) is 12.5. The Morgan fingerprint density at radius 2 is 2.00 bits per heavy atom. The molecule has 1 rings (SSSR count). The highest BCUT2D eigenvalue weighted by Crippen LogP contribution is 2.25. The molecular weight excluding hydrogens is 314 g/mol. The minimum absolute atomic E-state index is 0.0193. The van der Waals surface area contributed by atoms with Crippen molar-refractivity contribution in [1.29, 1.82) is 0 Å². The van der Waals surface area contributed by atoms with Gasteiger partial charge < -0.3 is 9.47 Å². The van der Waals surface area contributed by atoms with E-state index < -0.39 is 16.0 Å². The van der Waals surface area contributed by atoms with Gasteiger partial charge in [0.2, 0.25) is 0 Å².